The molecule has 2 aromatic rings. The molecule has 20 heavy (non-hydrogen) atoms. The van der Waals surface area contributed by atoms with Crippen LogP contribution in [0.25, 0.3) is 0 Å². The van der Waals surface area contributed by atoms with Gasteiger partial charge in [-0.15, -0.1) is 11.3 Å². The Balaban J connectivity index is 2.29. The minimum Gasteiger partial charge on any atom is -0.481 e. The second-order valence-electron chi connectivity index (χ2n) is 3.90. The van der Waals surface area contributed by atoms with Gasteiger partial charge in [0.1, 0.15) is 0 Å². The van der Waals surface area contributed by atoms with Crippen molar-refractivity contribution in [2.75, 3.05) is 0 Å². The van der Waals surface area contributed by atoms with Gasteiger partial charge in [-0.25, -0.2) is 4.98 Å². The van der Waals surface area contributed by atoms with Gasteiger partial charge < -0.3 is 19.8 Å². The number of rotatable bonds is 5. The van der Waals surface area contributed by atoms with Crippen molar-refractivity contribution in [1.29, 1.82) is 0 Å². The van der Waals surface area contributed by atoms with Crippen LogP contribution in [0.4, 0.5) is 5.82 Å². The molecule has 0 unspecified atom stereocenters. The van der Waals surface area contributed by atoms with Crippen LogP contribution in [0.3, 0.4) is 0 Å². The van der Waals surface area contributed by atoms with Gasteiger partial charge in [0.05, 0.1) is 12.1 Å². The molecule has 0 saturated heterocycles. The summed E-state index contributed by atoms with van der Waals surface area (Å²) >= 11 is 2.33. The van der Waals surface area contributed by atoms with Crippen molar-refractivity contribution in [3.05, 3.63) is 27.0 Å². The van der Waals surface area contributed by atoms with E-state index in [0.717, 1.165) is 11.8 Å². The van der Waals surface area contributed by atoms with Crippen molar-refractivity contribution in [2.24, 2.45) is 7.05 Å². The van der Waals surface area contributed by atoms with Crippen LogP contribution in [-0.2, 0) is 18.3 Å². The highest BCUT2D eigenvalue weighted by atomic mass is 32.2. The number of nitrogens with zero attached hydrogens (tertiary/aromatic N) is 4. The van der Waals surface area contributed by atoms with E-state index < -0.39 is 10.9 Å². The summed E-state index contributed by atoms with van der Waals surface area (Å²) in [4.78, 5) is 29.6. The molecule has 106 valence electrons. The van der Waals surface area contributed by atoms with Gasteiger partial charge in [0, 0.05) is 11.9 Å². The Kier molecular flexibility index (Phi) is 4.04. The number of hydrogen-bond donors (Lipinski definition) is 1. The van der Waals surface area contributed by atoms with Crippen molar-refractivity contribution in [3.63, 3.8) is 0 Å². The maximum absolute atomic E-state index is 10.9. The fraction of sp³-hybridized carbons (Fsp3) is 0.300. The third kappa shape index (κ3) is 2.96. The normalized spacial score (nSPS) is 10.7. The molecule has 0 aromatic carbocycles. The van der Waals surface area contributed by atoms with Gasteiger partial charge in [-0.3, -0.25) is 4.79 Å². The zero-order valence-corrected chi connectivity index (χ0v) is 12.2. The zero-order chi connectivity index (χ0) is 14.9. The topological polar surface area (TPSA) is 111 Å². The monoisotopic (exact) mass is 314 g/mol. The Morgan fingerprint density at radius 2 is 2.35 bits per heavy atom. The first-order valence-corrected chi connectivity index (χ1v) is 7.03. The number of hydrogen-bond acceptors (Lipinski definition) is 7. The zero-order valence-electron chi connectivity index (χ0n) is 10.6. The number of aliphatic carboxylic acids is 1. The lowest BCUT2D eigenvalue weighted by molar-refractivity contribution is -0.392. The van der Waals surface area contributed by atoms with Crippen LogP contribution >= 0.6 is 23.1 Å². The van der Waals surface area contributed by atoms with Crippen molar-refractivity contribution in [2.45, 2.75) is 22.7 Å². The summed E-state index contributed by atoms with van der Waals surface area (Å²) in [5, 5.41) is 20.0. The van der Waals surface area contributed by atoms with Crippen molar-refractivity contribution in [3.8, 4) is 0 Å². The molecule has 0 spiro atoms. The van der Waals surface area contributed by atoms with Gasteiger partial charge in [0.25, 0.3) is 0 Å². The Hall–Kier alpha value is -1.94. The number of carboxylic acids is 1. The number of carbonyl (C=O) groups is 1. The Labute approximate surface area is 121 Å². The molecule has 0 aliphatic carbocycles. The molecule has 0 aliphatic heterocycles. The second-order valence-corrected chi connectivity index (χ2v) is 6.22. The van der Waals surface area contributed by atoms with E-state index in [0.29, 0.717) is 19.9 Å². The van der Waals surface area contributed by atoms with E-state index in [4.69, 9.17) is 5.11 Å². The van der Waals surface area contributed by atoms with Crippen LogP contribution in [0.2, 0.25) is 0 Å². The number of thiazole rings is 1. The minimum absolute atomic E-state index is 0.0997. The van der Waals surface area contributed by atoms with Crippen LogP contribution in [0.1, 0.15) is 10.6 Å². The average Bonchev–Trinajstić information content (AvgIpc) is 2.84. The van der Waals surface area contributed by atoms with Gasteiger partial charge in [-0.2, -0.15) is 0 Å². The first kappa shape index (κ1) is 14.5. The van der Waals surface area contributed by atoms with Crippen LogP contribution in [0, 0.1) is 17.0 Å². The van der Waals surface area contributed by atoms with Gasteiger partial charge in [0.15, 0.2) is 9.37 Å². The van der Waals surface area contributed by atoms with Gasteiger partial charge in [0.2, 0.25) is 6.33 Å². The van der Waals surface area contributed by atoms with Crippen LogP contribution in [0.5, 0.6) is 0 Å². The van der Waals surface area contributed by atoms with E-state index in [1.807, 2.05) is 0 Å². The smallest absolute Gasteiger partial charge is 0.396 e. The molecule has 2 heterocycles. The highest BCUT2D eigenvalue weighted by molar-refractivity contribution is 8.01. The van der Waals surface area contributed by atoms with E-state index in [9.17, 15) is 14.9 Å². The Bertz CT molecular complexity index is 679. The molecule has 2 aromatic heterocycles. The predicted molar refractivity (Wildman–Crippen MR) is 72.2 cm³/mol. The largest absolute Gasteiger partial charge is 0.481 e. The predicted octanol–water partition coefficient (Wildman–Crippen LogP) is 1.87. The molecule has 0 saturated carbocycles. The van der Waals surface area contributed by atoms with Crippen LogP contribution in [0.15, 0.2) is 15.7 Å². The molecule has 0 bridgehead atoms. The molecule has 10 heteroatoms. The molecule has 8 nitrogen and oxygen atoms in total. The first-order valence-electron chi connectivity index (χ1n) is 5.40. The standard InChI is InChI=1S/C10H10N4O4S2/c1-5-6(3-7(15)16)19-10(12-5)20-9-8(14(17)18)11-4-13(9)2/h4H,3H2,1-2H3,(H,15,16). The summed E-state index contributed by atoms with van der Waals surface area (Å²) in [5.74, 6) is -1.16. The SMILES string of the molecule is Cc1nc(Sc2c([N+](=O)[O-])ncn2C)sc1CC(=O)O. The van der Waals surface area contributed by atoms with E-state index in [2.05, 4.69) is 9.97 Å². The van der Waals surface area contributed by atoms with E-state index >= 15 is 0 Å². The number of aromatic nitrogens is 3. The lowest BCUT2D eigenvalue weighted by atomic mass is 10.3. The maximum atomic E-state index is 10.9. The summed E-state index contributed by atoms with van der Waals surface area (Å²) in [6, 6.07) is 0. The highest BCUT2D eigenvalue weighted by Crippen LogP contribution is 2.36. The maximum Gasteiger partial charge on any atom is 0.396 e. The number of imidazole rings is 1. The first-order chi connectivity index (χ1) is 9.38. The minimum atomic E-state index is -0.931. The van der Waals surface area contributed by atoms with Crippen molar-refractivity contribution < 1.29 is 14.8 Å². The molecule has 0 radical (unpaired) electrons. The molecular formula is C10H10N4O4S2. The number of nitro groups is 1. The fourth-order valence-electron chi connectivity index (χ4n) is 1.48. The van der Waals surface area contributed by atoms with Crippen LogP contribution < -0.4 is 0 Å². The number of aryl methyl sites for hydroxylation is 2. The summed E-state index contributed by atoms with van der Waals surface area (Å²) in [5.41, 5.74) is 0.629. The summed E-state index contributed by atoms with van der Waals surface area (Å²) in [7, 11) is 1.65. The molecule has 0 amide bonds. The molecule has 0 atom stereocenters. The second kappa shape index (κ2) is 5.59. The lowest BCUT2D eigenvalue weighted by Crippen LogP contribution is -1.99. The third-order valence-corrected chi connectivity index (χ3v) is 4.79. The third-order valence-electron chi connectivity index (χ3n) is 2.41. The molecule has 1 N–H and O–H groups in total. The number of carboxylic acid groups (broad SMARTS) is 1. The average molecular weight is 314 g/mol. The van der Waals surface area contributed by atoms with E-state index in [-0.39, 0.29) is 12.2 Å². The van der Waals surface area contributed by atoms with Gasteiger partial charge >= 0.3 is 11.8 Å². The summed E-state index contributed by atoms with van der Waals surface area (Å²) in [6.45, 7) is 1.72. The molecular weight excluding hydrogens is 304 g/mol. The fourth-order valence-corrected chi connectivity index (χ4v) is 3.72. The lowest BCUT2D eigenvalue weighted by Gasteiger charge is -1.97. The Morgan fingerprint density at radius 1 is 1.65 bits per heavy atom. The molecule has 0 aliphatic rings. The van der Waals surface area contributed by atoms with Crippen molar-refractivity contribution in [1.82, 2.24) is 14.5 Å². The van der Waals surface area contributed by atoms with E-state index in [1.165, 1.54) is 22.2 Å². The Morgan fingerprint density at radius 3 is 2.95 bits per heavy atom. The molecule has 2 rings (SSSR count). The van der Waals surface area contributed by atoms with Crippen molar-refractivity contribution >= 4 is 34.9 Å². The van der Waals surface area contributed by atoms with Gasteiger partial charge in [-0.05, 0) is 28.6 Å². The summed E-state index contributed by atoms with van der Waals surface area (Å²) in [6.07, 6.45) is 1.26. The van der Waals surface area contributed by atoms with Crippen LogP contribution in [-0.4, -0.2) is 30.5 Å². The van der Waals surface area contributed by atoms with Gasteiger partial charge in [-0.1, -0.05) is 0 Å². The summed E-state index contributed by atoms with van der Waals surface area (Å²) < 4.78 is 2.10. The van der Waals surface area contributed by atoms with E-state index in [1.54, 1.807) is 14.0 Å². The quantitative estimate of drug-likeness (QED) is 0.662. The highest BCUT2D eigenvalue weighted by Gasteiger charge is 2.23. The molecule has 0 fully saturated rings.